The van der Waals surface area contributed by atoms with Crippen molar-refractivity contribution in [3.63, 3.8) is 0 Å². The molecule has 0 saturated heterocycles. The first-order valence-electron chi connectivity index (χ1n) is 6.71. The third-order valence-corrected chi connectivity index (χ3v) is 2.59. The Labute approximate surface area is 128 Å². The Hall–Kier alpha value is -2.55. The summed E-state index contributed by atoms with van der Waals surface area (Å²) in [7, 11) is 5.38. The second kappa shape index (κ2) is 8.67. The van der Waals surface area contributed by atoms with E-state index in [0.29, 0.717) is 25.4 Å². The predicted molar refractivity (Wildman–Crippen MR) is 80.6 cm³/mol. The Morgan fingerprint density at radius 3 is 2.64 bits per heavy atom. The number of nitrogens with zero attached hydrogens (tertiary/aromatic N) is 2. The molecule has 22 heavy (non-hydrogen) atoms. The number of amides is 1. The summed E-state index contributed by atoms with van der Waals surface area (Å²) in [4.78, 5) is 23.6. The van der Waals surface area contributed by atoms with E-state index in [9.17, 15) is 14.9 Å². The zero-order valence-electron chi connectivity index (χ0n) is 12.9. The lowest BCUT2D eigenvalue weighted by atomic mass is 10.4. The maximum absolute atomic E-state index is 11.9. The summed E-state index contributed by atoms with van der Waals surface area (Å²) in [6.07, 6.45) is 0.821. The zero-order chi connectivity index (χ0) is 16.5. The van der Waals surface area contributed by atoms with Crippen LogP contribution in [0.25, 0.3) is 0 Å². The molecule has 0 saturated carbocycles. The van der Waals surface area contributed by atoms with Crippen LogP contribution in [-0.4, -0.2) is 50.0 Å². The van der Waals surface area contributed by atoms with Crippen molar-refractivity contribution in [2.24, 2.45) is 0 Å². The molecule has 0 bridgehead atoms. The van der Waals surface area contributed by atoms with Gasteiger partial charge in [0.25, 0.3) is 12.1 Å². The van der Waals surface area contributed by atoms with E-state index in [1.54, 1.807) is 19.2 Å². The van der Waals surface area contributed by atoms with Gasteiger partial charge in [-0.3, -0.25) is 14.9 Å². The quantitative estimate of drug-likeness (QED) is 0.333. The summed E-state index contributed by atoms with van der Waals surface area (Å²) in [6, 6.07) is 3.37. The van der Waals surface area contributed by atoms with Gasteiger partial charge in [-0.05, 0) is 26.2 Å². The topological polar surface area (TPSA) is 113 Å². The van der Waals surface area contributed by atoms with Crippen molar-refractivity contribution < 1.29 is 14.1 Å². The molecule has 0 fully saturated rings. The van der Waals surface area contributed by atoms with Crippen LogP contribution in [0.3, 0.4) is 0 Å². The molecule has 3 N–H and O–H groups in total. The Morgan fingerprint density at radius 1 is 1.36 bits per heavy atom. The van der Waals surface area contributed by atoms with Gasteiger partial charge in [0.2, 0.25) is 0 Å². The average Bonchev–Trinajstić information content (AvgIpc) is 2.89. The fourth-order valence-corrected chi connectivity index (χ4v) is 1.66. The van der Waals surface area contributed by atoms with Crippen molar-refractivity contribution in [3.8, 4) is 0 Å². The molecule has 9 heteroatoms. The van der Waals surface area contributed by atoms with Gasteiger partial charge in [-0.15, -0.1) is 0 Å². The van der Waals surface area contributed by atoms with Gasteiger partial charge in [-0.2, -0.15) is 0 Å². The van der Waals surface area contributed by atoms with E-state index >= 15 is 0 Å². The van der Waals surface area contributed by atoms with Crippen molar-refractivity contribution in [2.75, 3.05) is 34.2 Å². The first kappa shape index (κ1) is 17.5. The minimum absolute atomic E-state index is 0.242. The molecule has 1 aromatic heterocycles. The van der Waals surface area contributed by atoms with Crippen LogP contribution in [0.1, 0.15) is 16.3 Å². The van der Waals surface area contributed by atoms with Crippen LogP contribution in [0.5, 0.6) is 0 Å². The molecule has 0 radical (unpaired) electrons. The maximum atomic E-state index is 11.9. The second-order valence-corrected chi connectivity index (χ2v) is 4.76. The van der Waals surface area contributed by atoms with Crippen molar-refractivity contribution in [2.45, 2.75) is 6.54 Å². The highest BCUT2D eigenvalue weighted by Crippen LogP contribution is 2.09. The smallest absolute Gasteiger partial charge is 0.287 e. The van der Waals surface area contributed by atoms with Crippen LogP contribution in [-0.2, 0) is 6.54 Å². The summed E-state index contributed by atoms with van der Waals surface area (Å²) in [5, 5.41) is 18.4. The van der Waals surface area contributed by atoms with Gasteiger partial charge in [0, 0.05) is 20.1 Å². The highest BCUT2D eigenvalue weighted by atomic mass is 16.6. The zero-order valence-corrected chi connectivity index (χ0v) is 12.9. The number of furan rings is 1. The molecule has 0 aliphatic carbocycles. The number of rotatable bonds is 9. The van der Waals surface area contributed by atoms with Gasteiger partial charge in [-0.1, -0.05) is 0 Å². The molecular formula is C13H21N5O4. The molecular weight excluding hydrogens is 290 g/mol. The van der Waals surface area contributed by atoms with E-state index in [2.05, 4.69) is 16.0 Å². The highest BCUT2D eigenvalue weighted by Gasteiger charge is 2.11. The van der Waals surface area contributed by atoms with E-state index in [-0.39, 0.29) is 17.5 Å². The molecule has 9 nitrogen and oxygen atoms in total. The summed E-state index contributed by atoms with van der Waals surface area (Å²) in [5.74, 6) is 0.896. The molecule has 0 atom stereocenters. The van der Waals surface area contributed by atoms with Gasteiger partial charge < -0.3 is 25.3 Å². The van der Waals surface area contributed by atoms with E-state index in [4.69, 9.17) is 4.42 Å². The Balaban J connectivity index is 2.37. The van der Waals surface area contributed by atoms with Gasteiger partial charge in [-0.25, -0.2) is 0 Å². The second-order valence-electron chi connectivity index (χ2n) is 4.76. The van der Waals surface area contributed by atoms with E-state index < -0.39 is 4.92 Å². The van der Waals surface area contributed by atoms with E-state index in [1.807, 2.05) is 19.0 Å². The SMILES string of the molecule is CN/C(=C\[N+](=O)[O-])NCCNC(=O)c1ccc(CN(C)C)o1. The fraction of sp³-hybridized carbons (Fsp3) is 0.462. The minimum atomic E-state index is -0.563. The highest BCUT2D eigenvalue weighted by molar-refractivity contribution is 5.91. The predicted octanol–water partition coefficient (Wildman–Crippen LogP) is -0.0444. The molecule has 0 aliphatic rings. The molecule has 1 amide bonds. The van der Waals surface area contributed by atoms with E-state index in [0.717, 1.165) is 6.20 Å². The molecule has 0 aliphatic heterocycles. The third kappa shape index (κ3) is 6.27. The number of carbonyl (C=O) groups excluding carboxylic acids is 1. The summed E-state index contributed by atoms with van der Waals surface area (Å²) >= 11 is 0. The summed E-state index contributed by atoms with van der Waals surface area (Å²) < 4.78 is 5.42. The fourth-order valence-electron chi connectivity index (χ4n) is 1.66. The summed E-state index contributed by atoms with van der Waals surface area (Å²) in [5.41, 5.74) is 0. The van der Waals surface area contributed by atoms with Crippen molar-refractivity contribution in [1.29, 1.82) is 0 Å². The molecule has 1 heterocycles. The van der Waals surface area contributed by atoms with Gasteiger partial charge >= 0.3 is 0 Å². The van der Waals surface area contributed by atoms with E-state index in [1.165, 1.54) is 0 Å². The largest absolute Gasteiger partial charge is 0.455 e. The number of nitro groups is 1. The lowest BCUT2D eigenvalue weighted by Crippen LogP contribution is -2.34. The van der Waals surface area contributed by atoms with Crippen LogP contribution in [0.4, 0.5) is 0 Å². The number of carbonyl (C=O) groups is 1. The van der Waals surface area contributed by atoms with Crippen molar-refractivity contribution in [3.05, 3.63) is 45.8 Å². The first-order valence-corrected chi connectivity index (χ1v) is 6.71. The average molecular weight is 311 g/mol. The van der Waals surface area contributed by atoms with Crippen LogP contribution in [0, 0.1) is 10.1 Å². The lowest BCUT2D eigenvalue weighted by Gasteiger charge is -2.08. The monoisotopic (exact) mass is 311 g/mol. The molecule has 0 aromatic carbocycles. The lowest BCUT2D eigenvalue weighted by molar-refractivity contribution is -0.404. The minimum Gasteiger partial charge on any atom is -0.455 e. The van der Waals surface area contributed by atoms with Crippen LogP contribution in [0.2, 0.25) is 0 Å². The molecule has 0 spiro atoms. The van der Waals surface area contributed by atoms with Crippen LogP contribution < -0.4 is 16.0 Å². The Bertz CT molecular complexity index is 538. The first-order chi connectivity index (χ1) is 10.4. The maximum Gasteiger partial charge on any atom is 0.287 e. The number of nitrogens with one attached hydrogen (secondary N) is 3. The Kier molecular flexibility index (Phi) is 6.90. The number of hydrogen-bond donors (Lipinski definition) is 3. The molecule has 122 valence electrons. The molecule has 0 unspecified atom stereocenters. The standard InChI is InChI=1S/C13H21N5O4/c1-14-12(9-18(20)21)15-6-7-16-13(19)11-5-4-10(22-11)8-17(2)3/h4-5,9,14-15H,6-8H2,1-3H3,(H,16,19)/b12-9+. The molecule has 1 rings (SSSR count). The van der Waals surface area contributed by atoms with Crippen molar-refractivity contribution >= 4 is 5.91 Å². The molecule has 1 aromatic rings. The van der Waals surface area contributed by atoms with Gasteiger partial charge in [0.1, 0.15) is 5.76 Å². The van der Waals surface area contributed by atoms with Gasteiger partial charge in [0.15, 0.2) is 11.6 Å². The Morgan fingerprint density at radius 2 is 2.05 bits per heavy atom. The normalized spacial score (nSPS) is 11.4. The summed E-state index contributed by atoms with van der Waals surface area (Å²) in [6.45, 7) is 1.27. The van der Waals surface area contributed by atoms with Crippen molar-refractivity contribution in [1.82, 2.24) is 20.9 Å². The van der Waals surface area contributed by atoms with Crippen LogP contribution >= 0.6 is 0 Å². The number of hydrogen-bond acceptors (Lipinski definition) is 7. The van der Waals surface area contributed by atoms with Crippen LogP contribution in [0.15, 0.2) is 28.6 Å². The van der Waals surface area contributed by atoms with Gasteiger partial charge in [0.05, 0.1) is 11.5 Å². The third-order valence-electron chi connectivity index (χ3n) is 2.59.